The lowest BCUT2D eigenvalue weighted by Gasteiger charge is -2.20. The minimum atomic E-state index is -0.339. The molecule has 0 aliphatic carbocycles. The Morgan fingerprint density at radius 1 is 1.33 bits per heavy atom. The van der Waals surface area contributed by atoms with E-state index < -0.39 is 0 Å². The SMILES string of the molecule is Cc1cc2c(cc1CCNCC(N)=O)OCCO2. The number of nitrogens with two attached hydrogens (primary N) is 1. The van der Waals surface area contributed by atoms with Gasteiger partial charge in [0.05, 0.1) is 6.54 Å². The van der Waals surface area contributed by atoms with Crippen LogP contribution in [-0.2, 0) is 11.2 Å². The van der Waals surface area contributed by atoms with E-state index in [-0.39, 0.29) is 12.5 Å². The molecule has 0 atom stereocenters. The van der Waals surface area contributed by atoms with Crippen LogP contribution in [0.5, 0.6) is 11.5 Å². The maximum absolute atomic E-state index is 10.6. The van der Waals surface area contributed by atoms with Gasteiger partial charge in [0.15, 0.2) is 11.5 Å². The number of carbonyl (C=O) groups is 1. The predicted octanol–water partition coefficient (Wildman–Crippen LogP) is 0.384. The summed E-state index contributed by atoms with van der Waals surface area (Å²) in [6.07, 6.45) is 0.829. The second-order valence-corrected chi connectivity index (χ2v) is 4.32. The summed E-state index contributed by atoms with van der Waals surface area (Å²) in [4.78, 5) is 10.6. The smallest absolute Gasteiger partial charge is 0.231 e. The summed E-state index contributed by atoms with van der Waals surface area (Å²) in [6, 6.07) is 4.01. The average molecular weight is 250 g/mol. The van der Waals surface area contributed by atoms with Crippen molar-refractivity contribution in [3.8, 4) is 11.5 Å². The third kappa shape index (κ3) is 3.13. The molecule has 3 N–H and O–H groups in total. The largest absolute Gasteiger partial charge is 0.486 e. The minimum absolute atomic E-state index is 0.212. The number of hydrogen-bond acceptors (Lipinski definition) is 4. The number of fused-ring (bicyclic) bond motifs is 1. The third-order valence-corrected chi connectivity index (χ3v) is 2.87. The molecule has 18 heavy (non-hydrogen) atoms. The van der Waals surface area contributed by atoms with Crippen LogP contribution in [0.3, 0.4) is 0 Å². The number of primary amides is 1. The Morgan fingerprint density at radius 3 is 2.67 bits per heavy atom. The Labute approximate surface area is 106 Å². The lowest BCUT2D eigenvalue weighted by atomic mass is 10.0. The first kappa shape index (κ1) is 12.7. The van der Waals surface area contributed by atoms with Crippen molar-refractivity contribution in [2.45, 2.75) is 13.3 Å². The van der Waals surface area contributed by atoms with Gasteiger partial charge in [0, 0.05) is 0 Å². The number of rotatable bonds is 5. The second-order valence-electron chi connectivity index (χ2n) is 4.32. The van der Waals surface area contributed by atoms with Gasteiger partial charge in [-0.3, -0.25) is 4.79 Å². The molecule has 0 spiro atoms. The van der Waals surface area contributed by atoms with Gasteiger partial charge >= 0.3 is 0 Å². The Morgan fingerprint density at radius 2 is 2.00 bits per heavy atom. The van der Waals surface area contributed by atoms with E-state index in [1.807, 2.05) is 19.1 Å². The Balaban J connectivity index is 1.97. The molecular formula is C13H18N2O3. The van der Waals surface area contributed by atoms with Crippen molar-refractivity contribution in [3.63, 3.8) is 0 Å². The molecule has 1 aliphatic rings. The highest BCUT2D eigenvalue weighted by Gasteiger charge is 2.13. The molecule has 2 rings (SSSR count). The van der Waals surface area contributed by atoms with Gasteiger partial charge in [0.2, 0.25) is 5.91 Å². The van der Waals surface area contributed by atoms with E-state index in [2.05, 4.69) is 5.32 Å². The number of carbonyl (C=O) groups excluding carboxylic acids is 1. The highest BCUT2D eigenvalue weighted by molar-refractivity contribution is 5.75. The van der Waals surface area contributed by atoms with Crippen molar-refractivity contribution < 1.29 is 14.3 Å². The summed E-state index contributed by atoms with van der Waals surface area (Å²) in [7, 11) is 0. The summed E-state index contributed by atoms with van der Waals surface area (Å²) in [5.41, 5.74) is 7.41. The van der Waals surface area contributed by atoms with Crippen LogP contribution < -0.4 is 20.5 Å². The van der Waals surface area contributed by atoms with Crippen molar-refractivity contribution in [1.29, 1.82) is 0 Å². The van der Waals surface area contributed by atoms with Crippen LogP contribution in [0.15, 0.2) is 12.1 Å². The van der Waals surface area contributed by atoms with Crippen LogP contribution >= 0.6 is 0 Å². The fraction of sp³-hybridized carbons (Fsp3) is 0.462. The van der Waals surface area contributed by atoms with Crippen molar-refractivity contribution in [3.05, 3.63) is 23.3 Å². The van der Waals surface area contributed by atoms with Gasteiger partial charge in [-0.05, 0) is 43.1 Å². The van der Waals surface area contributed by atoms with Crippen LogP contribution in [0, 0.1) is 6.92 Å². The lowest BCUT2D eigenvalue weighted by Crippen LogP contribution is -2.30. The van der Waals surface area contributed by atoms with Crippen LogP contribution in [0.25, 0.3) is 0 Å². The molecule has 0 radical (unpaired) electrons. The summed E-state index contributed by atoms with van der Waals surface area (Å²) < 4.78 is 11.1. The molecule has 1 aromatic carbocycles. The molecule has 0 saturated carbocycles. The second kappa shape index (κ2) is 5.73. The van der Waals surface area contributed by atoms with Gasteiger partial charge in [-0.2, -0.15) is 0 Å². The first-order valence-corrected chi connectivity index (χ1v) is 6.05. The summed E-state index contributed by atoms with van der Waals surface area (Å²) in [5.74, 6) is 1.28. The van der Waals surface area contributed by atoms with Gasteiger partial charge in [-0.25, -0.2) is 0 Å². The van der Waals surface area contributed by atoms with E-state index in [1.54, 1.807) is 0 Å². The number of benzene rings is 1. The summed E-state index contributed by atoms with van der Waals surface area (Å²) >= 11 is 0. The predicted molar refractivity (Wildman–Crippen MR) is 67.9 cm³/mol. The number of hydrogen-bond donors (Lipinski definition) is 2. The monoisotopic (exact) mass is 250 g/mol. The van der Waals surface area contributed by atoms with E-state index in [9.17, 15) is 4.79 Å². The highest BCUT2D eigenvalue weighted by atomic mass is 16.6. The molecule has 0 saturated heterocycles. The Hall–Kier alpha value is -1.75. The normalized spacial score (nSPS) is 13.4. The molecule has 1 amide bonds. The molecule has 1 heterocycles. The fourth-order valence-electron chi connectivity index (χ4n) is 1.94. The van der Waals surface area contributed by atoms with Crippen LogP contribution in [0.2, 0.25) is 0 Å². The molecule has 0 aromatic heterocycles. The summed E-state index contributed by atoms with van der Waals surface area (Å²) in [6.45, 7) is 4.16. The Kier molecular flexibility index (Phi) is 4.04. The molecule has 0 unspecified atom stereocenters. The molecule has 5 nitrogen and oxygen atoms in total. The topological polar surface area (TPSA) is 73.6 Å². The standard InChI is InChI=1S/C13H18N2O3/c1-9-6-11-12(18-5-4-17-11)7-10(9)2-3-15-8-13(14)16/h6-7,15H,2-5,8H2,1H3,(H2,14,16). The number of aryl methyl sites for hydroxylation is 1. The molecule has 1 aliphatic heterocycles. The molecule has 1 aromatic rings. The zero-order valence-corrected chi connectivity index (χ0v) is 10.5. The quantitative estimate of drug-likeness (QED) is 0.741. The van der Waals surface area contributed by atoms with E-state index in [4.69, 9.17) is 15.2 Å². The zero-order valence-electron chi connectivity index (χ0n) is 10.5. The van der Waals surface area contributed by atoms with Gasteiger partial charge in [0.1, 0.15) is 13.2 Å². The molecular weight excluding hydrogens is 232 g/mol. The van der Waals surface area contributed by atoms with E-state index >= 15 is 0 Å². The lowest BCUT2D eigenvalue weighted by molar-refractivity contribution is -0.117. The molecule has 0 fully saturated rings. The summed E-state index contributed by atoms with van der Waals surface area (Å²) in [5, 5.41) is 2.99. The first-order chi connectivity index (χ1) is 8.66. The van der Waals surface area contributed by atoms with Crippen LogP contribution in [0.4, 0.5) is 0 Å². The number of ether oxygens (including phenoxy) is 2. The van der Waals surface area contributed by atoms with E-state index in [0.29, 0.717) is 19.8 Å². The maximum atomic E-state index is 10.6. The molecule has 0 bridgehead atoms. The average Bonchev–Trinajstić information content (AvgIpc) is 2.34. The van der Waals surface area contributed by atoms with Gasteiger partial charge in [-0.15, -0.1) is 0 Å². The fourth-order valence-corrected chi connectivity index (χ4v) is 1.94. The minimum Gasteiger partial charge on any atom is -0.486 e. The van der Waals surface area contributed by atoms with E-state index in [0.717, 1.165) is 17.9 Å². The number of amides is 1. The van der Waals surface area contributed by atoms with Gasteiger partial charge in [0.25, 0.3) is 0 Å². The van der Waals surface area contributed by atoms with Gasteiger partial charge in [-0.1, -0.05) is 0 Å². The van der Waals surface area contributed by atoms with Crippen molar-refractivity contribution in [1.82, 2.24) is 5.32 Å². The Bertz CT molecular complexity index is 446. The maximum Gasteiger partial charge on any atom is 0.231 e. The van der Waals surface area contributed by atoms with Gasteiger partial charge < -0.3 is 20.5 Å². The first-order valence-electron chi connectivity index (χ1n) is 6.05. The highest BCUT2D eigenvalue weighted by Crippen LogP contribution is 2.32. The van der Waals surface area contributed by atoms with Crippen LogP contribution in [0.1, 0.15) is 11.1 Å². The zero-order chi connectivity index (χ0) is 13.0. The third-order valence-electron chi connectivity index (χ3n) is 2.87. The van der Waals surface area contributed by atoms with Crippen molar-refractivity contribution >= 4 is 5.91 Å². The van der Waals surface area contributed by atoms with Crippen molar-refractivity contribution in [2.75, 3.05) is 26.3 Å². The van der Waals surface area contributed by atoms with E-state index in [1.165, 1.54) is 11.1 Å². The molecule has 98 valence electrons. The van der Waals surface area contributed by atoms with Crippen LogP contribution in [-0.4, -0.2) is 32.2 Å². The van der Waals surface area contributed by atoms with Crippen molar-refractivity contribution in [2.24, 2.45) is 5.73 Å². The number of nitrogens with one attached hydrogen (secondary N) is 1. The molecule has 5 heteroatoms.